The average molecular weight is 314 g/mol. The van der Waals surface area contributed by atoms with Crippen LogP contribution >= 0.6 is 27.3 Å². The molecule has 88 valence electrons. The molecule has 0 spiro atoms. The van der Waals surface area contributed by atoms with Gasteiger partial charge in [-0.25, -0.2) is 4.98 Å². The molecule has 1 unspecified atom stereocenters. The molecule has 0 aliphatic carbocycles. The highest BCUT2D eigenvalue weighted by molar-refractivity contribution is 9.10. The molecule has 0 N–H and O–H groups in total. The molecule has 8 heteroatoms. The molecule has 0 aromatic carbocycles. The van der Waals surface area contributed by atoms with Crippen molar-refractivity contribution < 1.29 is 0 Å². The summed E-state index contributed by atoms with van der Waals surface area (Å²) >= 11 is 4.52. The lowest BCUT2D eigenvalue weighted by atomic mass is 10.2. The standard InChI is InChI=1S/C9H8BrN5OS/c1-4(13-14-11)7-5(2)15-8(16)6(10)3-12-9(15)17-7/h3-4H,1-2H3. The zero-order valence-electron chi connectivity index (χ0n) is 9.09. The monoisotopic (exact) mass is 313 g/mol. The van der Waals surface area contributed by atoms with E-state index in [2.05, 4.69) is 30.9 Å². The van der Waals surface area contributed by atoms with Gasteiger partial charge in [0.15, 0.2) is 4.96 Å². The maximum Gasteiger partial charge on any atom is 0.273 e. The first-order chi connectivity index (χ1) is 8.06. The Kier molecular flexibility index (Phi) is 3.19. The summed E-state index contributed by atoms with van der Waals surface area (Å²) in [6.45, 7) is 3.61. The lowest BCUT2D eigenvalue weighted by Gasteiger charge is -2.01. The van der Waals surface area contributed by atoms with Crippen LogP contribution in [0.3, 0.4) is 0 Å². The van der Waals surface area contributed by atoms with Gasteiger partial charge in [-0.15, -0.1) is 11.3 Å². The van der Waals surface area contributed by atoms with E-state index in [0.717, 1.165) is 10.6 Å². The number of aryl methyl sites for hydroxylation is 1. The lowest BCUT2D eigenvalue weighted by molar-refractivity contribution is 0.806. The summed E-state index contributed by atoms with van der Waals surface area (Å²) in [6, 6.07) is -0.301. The zero-order valence-corrected chi connectivity index (χ0v) is 11.5. The normalized spacial score (nSPS) is 12.4. The van der Waals surface area contributed by atoms with Crippen LogP contribution in [0.4, 0.5) is 0 Å². The summed E-state index contributed by atoms with van der Waals surface area (Å²) in [4.78, 5) is 20.3. The number of azide groups is 1. The number of hydrogen-bond donors (Lipinski definition) is 0. The number of hydrogen-bond acceptors (Lipinski definition) is 4. The second-order valence-electron chi connectivity index (χ2n) is 3.46. The molecule has 0 aliphatic heterocycles. The van der Waals surface area contributed by atoms with E-state index >= 15 is 0 Å². The van der Waals surface area contributed by atoms with Crippen LogP contribution in [0.2, 0.25) is 0 Å². The summed E-state index contributed by atoms with van der Waals surface area (Å²) in [5.41, 5.74) is 9.05. The molecule has 6 nitrogen and oxygen atoms in total. The van der Waals surface area contributed by atoms with Gasteiger partial charge in [-0.3, -0.25) is 9.20 Å². The van der Waals surface area contributed by atoms with Crippen LogP contribution in [0.25, 0.3) is 15.4 Å². The van der Waals surface area contributed by atoms with Crippen molar-refractivity contribution in [2.24, 2.45) is 5.11 Å². The van der Waals surface area contributed by atoms with Crippen LogP contribution in [-0.4, -0.2) is 9.38 Å². The Labute approximate surface area is 109 Å². The van der Waals surface area contributed by atoms with Gasteiger partial charge in [0.2, 0.25) is 0 Å². The van der Waals surface area contributed by atoms with E-state index in [-0.39, 0.29) is 11.6 Å². The quantitative estimate of drug-likeness (QED) is 0.484. The fourth-order valence-electron chi connectivity index (χ4n) is 1.59. The van der Waals surface area contributed by atoms with Crippen LogP contribution in [-0.2, 0) is 0 Å². The number of nitrogens with zero attached hydrogens (tertiary/aromatic N) is 5. The van der Waals surface area contributed by atoms with Gasteiger partial charge >= 0.3 is 0 Å². The van der Waals surface area contributed by atoms with E-state index < -0.39 is 0 Å². The third-order valence-corrected chi connectivity index (χ3v) is 4.26. The first-order valence-corrected chi connectivity index (χ1v) is 6.38. The van der Waals surface area contributed by atoms with Crippen LogP contribution in [0.5, 0.6) is 0 Å². The van der Waals surface area contributed by atoms with Gasteiger partial charge < -0.3 is 0 Å². The highest BCUT2D eigenvalue weighted by Crippen LogP contribution is 2.29. The molecule has 0 saturated carbocycles. The lowest BCUT2D eigenvalue weighted by Crippen LogP contribution is -2.15. The van der Waals surface area contributed by atoms with Crippen molar-refractivity contribution in [2.75, 3.05) is 0 Å². The molecule has 2 aromatic rings. The summed E-state index contributed by atoms with van der Waals surface area (Å²) < 4.78 is 1.94. The maximum atomic E-state index is 11.9. The van der Waals surface area contributed by atoms with Crippen LogP contribution < -0.4 is 5.56 Å². The Bertz CT molecular complexity index is 684. The summed E-state index contributed by atoms with van der Waals surface area (Å²) in [5.74, 6) is 0. The molecule has 0 aliphatic rings. The number of aromatic nitrogens is 2. The van der Waals surface area contributed by atoms with Gasteiger partial charge in [-0.2, -0.15) is 0 Å². The summed E-state index contributed by atoms with van der Waals surface area (Å²) in [7, 11) is 0. The van der Waals surface area contributed by atoms with E-state index in [0.29, 0.717) is 9.43 Å². The molecule has 0 amide bonds. The van der Waals surface area contributed by atoms with Crippen molar-refractivity contribution in [3.8, 4) is 0 Å². The topological polar surface area (TPSA) is 83.1 Å². The molecule has 2 rings (SSSR count). The first-order valence-electron chi connectivity index (χ1n) is 4.77. The van der Waals surface area contributed by atoms with E-state index in [1.54, 1.807) is 6.92 Å². The van der Waals surface area contributed by atoms with Crippen molar-refractivity contribution in [1.82, 2.24) is 9.38 Å². The van der Waals surface area contributed by atoms with Crippen molar-refractivity contribution >= 4 is 32.2 Å². The molecule has 17 heavy (non-hydrogen) atoms. The number of rotatable bonds is 2. The number of fused-ring (bicyclic) bond motifs is 1. The molecular weight excluding hydrogens is 306 g/mol. The van der Waals surface area contributed by atoms with Gasteiger partial charge in [0.05, 0.1) is 6.04 Å². The van der Waals surface area contributed by atoms with Gasteiger partial charge in [0.1, 0.15) is 4.47 Å². The predicted molar refractivity (Wildman–Crippen MR) is 69.3 cm³/mol. The van der Waals surface area contributed by atoms with Crippen molar-refractivity contribution in [1.29, 1.82) is 0 Å². The molecule has 0 bridgehead atoms. The van der Waals surface area contributed by atoms with Gasteiger partial charge in [-0.1, -0.05) is 12.0 Å². The SMILES string of the molecule is Cc1c(C(C)N=[N+]=[N-])sc2ncc(Br)c(=O)n12. The Hall–Kier alpha value is -1.37. The fourth-order valence-corrected chi connectivity index (χ4v) is 2.94. The fraction of sp³-hybridized carbons (Fsp3) is 0.333. The van der Waals surface area contributed by atoms with E-state index in [1.165, 1.54) is 21.9 Å². The minimum absolute atomic E-state index is 0.150. The largest absolute Gasteiger partial charge is 0.273 e. The maximum absolute atomic E-state index is 11.9. The Morgan fingerprint density at radius 2 is 2.41 bits per heavy atom. The van der Waals surface area contributed by atoms with E-state index in [4.69, 9.17) is 5.53 Å². The molecule has 1 atom stereocenters. The molecule has 0 fully saturated rings. The van der Waals surface area contributed by atoms with Gasteiger partial charge in [-0.05, 0) is 28.4 Å². The van der Waals surface area contributed by atoms with E-state index in [9.17, 15) is 4.79 Å². The average Bonchev–Trinajstić information content (AvgIpc) is 2.62. The summed E-state index contributed by atoms with van der Waals surface area (Å²) in [5, 5.41) is 3.64. The molecular formula is C9H8BrN5OS. The molecule has 0 radical (unpaired) electrons. The van der Waals surface area contributed by atoms with Gasteiger partial charge in [0, 0.05) is 21.7 Å². The summed E-state index contributed by atoms with van der Waals surface area (Å²) in [6.07, 6.45) is 1.48. The van der Waals surface area contributed by atoms with E-state index in [1.807, 2.05) is 6.92 Å². The highest BCUT2D eigenvalue weighted by atomic mass is 79.9. The second kappa shape index (κ2) is 4.48. The van der Waals surface area contributed by atoms with Crippen molar-refractivity contribution in [3.05, 3.63) is 42.0 Å². The third kappa shape index (κ3) is 1.95. The Morgan fingerprint density at radius 3 is 3.06 bits per heavy atom. The van der Waals surface area contributed by atoms with Crippen molar-refractivity contribution in [2.45, 2.75) is 19.9 Å². The first kappa shape index (κ1) is 12.1. The van der Waals surface area contributed by atoms with Crippen LogP contribution in [0.15, 0.2) is 20.6 Å². The minimum Gasteiger partial charge on any atom is -0.268 e. The highest BCUT2D eigenvalue weighted by Gasteiger charge is 2.16. The number of thiazole rings is 1. The Balaban J connectivity index is 2.78. The smallest absolute Gasteiger partial charge is 0.268 e. The third-order valence-electron chi connectivity index (χ3n) is 2.38. The minimum atomic E-state index is -0.301. The van der Waals surface area contributed by atoms with Gasteiger partial charge in [0.25, 0.3) is 5.56 Å². The van der Waals surface area contributed by atoms with Crippen molar-refractivity contribution in [3.63, 3.8) is 0 Å². The van der Waals surface area contributed by atoms with Crippen LogP contribution in [0, 0.1) is 6.92 Å². The molecule has 2 heterocycles. The molecule has 2 aromatic heterocycles. The zero-order chi connectivity index (χ0) is 12.6. The second-order valence-corrected chi connectivity index (χ2v) is 5.33. The Morgan fingerprint density at radius 1 is 1.71 bits per heavy atom. The predicted octanol–water partition coefficient (Wildman–Crippen LogP) is 3.20. The molecule has 0 saturated heterocycles. The van der Waals surface area contributed by atoms with Crippen LogP contribution in [0.1, 0.15) is 23.5 Å². The number of halogens is 1.